The van der Waals surface area contributed by atoms with E-state index in [4.69, 9.17) is 0 Å². The highest BCUT2D eigenvalue weighted by Gasteiger charge is 2.09. The second kappa shape index (κ2) is 5.91. The van der Waals surface area contributed by atoms with Crippen LogP contribution >= 0.6 is 0 Å². The summed E-state index contributed by atoms with van der Waals surface area (Å²) in [5, 5.41) is 2.80. The molecule has 0 spiro atoms. The molecule has 19 heavy (non-hydrogen) atoms. The minimum absolute atomic E-state index is 0.166. The molecular formula is C15H14N2O2. The number of benzene rings is 1. The fourth-order valence-electron chi connectivity index (χ4n) is 1.78. The van der Waals surface area contributed by atoms with E-state index in [0.717, 1.165) is 17.5 Å². The highest BCUT2D eigenvalue weighted by atomic mass is 16.1. The van der Waals surface area contributed by atoms with Gasteiger partial charge < -0.3 is 5.32 Å². The zero-order valence-electron chi connectivity index (χ0n) is 10.6. The van der Waals surface area contributed by atoms with Crippen molar-refractivity contribution in [1.82, 2.24) is 10.3 Å². The predicted octanol–water partition coefficient (Wildman–Crippen LogP) is 2.13. The first-order valence-electron chi connectivity index (χ1n) is 5.94. The van der Waals surface area contributed by atoms with Crippen LogP contribution in [0.25, 0.3) is 0 Å². The lowest BCUT2D eigenvalue weighted by molar-refractivity contribution is 0.0949. The number of aldehydes is 1. The lowest BCUT2D eigenvalue weighted by atomic mass is 10.1. The summed E-state index contributed by atoms with van der Waals surface area (Å²) >= 11 is 0. The average Bonchev–Trinajstić information content (AvgIpc) is 2.45. The molecule has 0 saturated carbocycles. The summed E-state index contributed by atoms with van der Waals surface area (Å²) in [6, 6.07) is 10.5. The monoisotopic (exact) mass is 254 g/mol. The number of carbonyl (C=O) groups is 2. The number of aromatic nitrogens is 1. The number of hydrogen-bond acceptors (Lipinski definition) is 3. The largest absolute Gasteiger partial charge is 0.346 e. The Labute approximate surface area is 111 Å². The second-order valence-electron chi connectivity index (χ2n) is 4.20. The first kappa shape index (κ1) is 13.0. The first-order chi connectivity index (χ1) is 9.20. The van der Waals surface area contributed by atoms with Gasteiger partial charge >= 0.3 is 0 Å². The molecule has 1 N–H and O–H groups in total. The van der Waals surface area contributed by atoms with Gasteiger partial charge in [0.05, 0.1) is 12.2 Å². The number of nitrogens with one attached hydrogen (secondary N) is 1. The zero-order chi connectivity index (χ0) is 13.7. The molecule has 4 heteroatoms. The van der Waals surface area contributed by atoms with Crippen LogP contribution in [0.5, 0.6) is 0 Å². The van der Waals surface area contributed by atoms with Crippen LogP contribution in [0.4, 0.5) is 0 Å². The van der Waals surface area contributed by atoms with E-state index in [0.29, 0.717) is 17.7 Å². The Morgan fingerprint density at radius 2 is 2.16 bits per heavy atom. The predicted molar refractivity (Wildman–Crippen MR) is 72.0 cm³/mol. The highest BCUT2D eigenvalue weighted by Crippen LogP contribution is 2.10. The van der Waals surface area contributed by atoms with Gasteiger partial charge in [-0.1, -0.05) is 12.1 Å². The summed E-state index contributed by atoms with van der Waals surface area (Å²) in [5.74, 6) is -0.166. The normalized spacial score (nSPS) is 9.95. The Kier molecular flexibility index (Phi) is 4.03. The lowest BCUT2D eigenvalue weighted by Gasteiger charge is -2.07. The van der Waals surface area contributed by atoms with Crippen molar-refractivity contribution in [1.29, 1.82) is 0 Å². The van der Waals surface area contributed by atoms with E-state index < -0.39 is 0 Å². The molecule has 4 nitrogen and oxygen atoms in total. The maximum Gasteiger partial charge on any atom is 0.251 e. The molecule has 1 aromatic heterocycles. The minimum atomic E-state index is -0.166. The molecular weight excluding hydrogens is 240 g/mol. The van der Waals surface area contributed by atoms with Crippen molar-refractivity contribution in [3.05, 3.63) is 65.0 Å². The smallest absolute Gasteiger partial charge is 0.251 e. The van der Waals surface area contributed by atoms with Crippen LogP contribution in [-0.2, 0) is 6.54 Å². The fourth-order valence-corrected chi connectivity index (χ4v) is 1.78. The third-order valence-corrected chi connectivity index (χ3v) is 2.79. The van der Waals surface area contributed by atoms with Gasteiger partial charge in [-0.3, -0.25) is 14.6 Å². The highest BCUT2D eigenvalue weighted by molar-refractivity contribution is 5.96. The molecule has 0 aliphatic heterocycles. The summed E-state index contributed by atoms with van der Waals surface area (Å²) in [7, 11) is 0. The van der Waals surface area contributed by atoms with E-state index >= 15 is 0 Å². The summed E-state index contributed by atoms with van der Waals surface area (Å²) in [6.07, 6.45) is 2.45. The molecule has 1 aromatic carbocycles. The Bertz CT molecular complexity index is 594. The molecule has 0 radical (unpaired) electrons. The summed E-state index contributed by atoms with van der Waals surface area (Å²) in [4.78, 5) is 26.8. The van der Waals surface area contributed by atoms with Crippen molar-refractivity contribution in [2.75, 3.05) is 0 Å². The maximum atomic E-state index is 12.0. The van der Waals surface area contributed by atoms with E-state index in [2.05, 4.69) is 10.3 Å². The van der Waals surface area contributed by atoms with Crippen molar-refractivity contribution >= 4 is 12.2 Å². The van der Waals surface area contributed by atoms with Gasteiger partial charge in [-0.05, 0) is 36.8 Å². The zero-order valence-corrected chi connectivity index (χ0v) is 10.6. The van der Waals surface area contributed by atoms with E-state index in [1.807, 2.05) is 25.1 Å². The van der Waals surface area contributed by atoms with Gasteiger partial charge in [0, 0.05) is 17.3 Å². The van der Waals surface area contributed by atoms with Gasteiger partial charge in [0.15, 0.2) is 0 Å². The minimum Gasteiger partial charge on any atom is -0.346 e. The second-order valence-corrected chi connectivity index (χ2v) is 4.20. The Balaban J connectivity index is 2.06. The van der Waals surface area contributed by atoms with Crippen LogP contribution in [0.3, 0.4) is 0 Å². The van der Waals surface area contributed by atoms with E-state index in [1.54, 1.807) is 24.4 Å². The molecule has 0 saturated heterocycles. The van der Waals surface area contributed by atoms with E-state index in [1.165, 1.54) is 0 Å². The Hall–Kier alpha value is -2.49. The number of aryl methyl sites for hydroxylation is 1. The quantitative estimate of drug-likeness (QED) is 0.850. The third-order valence-electron chi connectivity index (χ3n) is 2.79. The topological polar surface area (TPSA) is 59.1 Å². The molecule has 1 amide bonds. The maximum absolute atomic E-state index is 12.0. The summed E-state index contributed by atoms with van der Waals surface area (Å²) < 4.78 is 0. The number of amides is 1. The molecule has 0 unspecified atom stereocenters. The van der Waals surface area contributed by atoms with Crippen LogP contribution in [0.15, 0.2) is 42.6 Å². The fraction of sp³-hybridized carbons (Fsp3) is 0.133. The van der Waals surface area contributed by atoms with Crippen molar-refractivity contribution < 1.29 is 9.59 Å². The number of carbonyl (C=O) groups excluding carboxylic acids is 2. The van der Waals surface area contributed by atoms with Crippen molar-refractivity contribution in [2.24, 2.45) is 0 Å². The molecule has 1 heterocycles. The molecule has 2 aromatic rings. The molecule has 96 valence electrons. The lowest BCUT2D eigenvalue weighted by Crippen LogP contribution is -2.24. The van der Waals surface area contributed by atoms with Crippen LogP contribution in [0.2, 0.25) is 0 Å². The van der Waals surface area contributed by atoms with Crippen LogP contribution in [0, 0.1) is 6.92 Å². The average molecular weight is 254 g/mol. The van der Waals surface area contributed by atoms with Gasteiger partial charge in [-0.15, -0.1) is 0 Å². The van der Waals surface area contributed by atoms with Crippen LogP contribution < -0.4 is 5.32 Å². The number of hydrogen-bond donors (Lipinski definition) is 1. The van der Waals surface area contributed by atoms with E-state index in [-0.39, 0.29) is 5.91 Å². The first-order valence-corrected chi connectivity index (χ1v) is 5.94. The van der Waals surface area contributed by atoms with Crippen LogP contribution in [-0.4, -0.2) is 17.2 Å². The Morgan fingerprint density at radius 3 is 2.79 bits per heavy atom. The number of nitrogens with zero attached hydrogens (tertiary/aromatic N) is 1. The van der Waals surface area contributed by atoms with Crippen LogP contribution in [0.1, 0.15) is 32.0 Å². The van der Waals surface area contributed by atoms with Crippen molar-refractivity contribution in [3.8, 4) is 0 Å². The SMILES string of the molecule is Cc1cc(C=O)ccc1C(=O)NCc1ccccn1. The van der Waals surface area contributed by atoms with Gasteiger partial charge in [0.25, 0.3) is 5.91 Å². The molecule has 0 aliphatic carbocycles. The third kappa shape index (κ3) is 3.25. The number of pyridine rings is 1. The molecule has 0 atom stereocenters. The number of rotatable bonds is 4. The summed E-state index contributed by atoms with van der Waals surface area (Å²) in [6.45, 7) is 2.19. The van der Waals surface area contributed by atoms with Gasteiger partial charge in [-0.2, -0.15) is 0 Å². The van der Waals surface area contributed by atoms with Crippen molar-refractivity contribution in [3.63, 3.8) is 0 Å². The Morgan fingerprint density at radius 1 is 1.32 bits per heavy atom. The molecule has 0 aliphatic rings. The van der Waals surface area contributed by atoms with Gasteiger partial charge in [0.2, 0.25) is 0 Å². The van der Waals surface area contributed by atoms with Gasteiger partial charge in [0.1, 0.15) is 6.29 Å². The van der Waals surface area contributed by atoms with E-state index in [9.17, 15) is 9.59 Å². The standard InChI is InChI=1S/C15H14N2O2/c1-11-8-12(10-18)5-6-14(11)15(19)17-9-13-4-2-3-7-16-13/h2-8,10H,9H2,1H3,(H,17,19). The summed E-state index contributed by atoms with van der Waals surface area (Å²) in [5.41, 5.74) is 2.72. The molecule has 0 bridgehead atoms. The van der Waals surface area contributed by atoms with Gasteiger partial charge in [-0.25, -0.2) is 0 Å². The van der Waals surface area contributed by atoms with Crippen molar-refractivity contribution in [2.45, 2.75) is 13.5 Å². The molecule has 2 rings (SSSR count). The molecule has 0 fully saturated rings.